The van der Waals surface area contributed by atoms with Gasteiger partial charge in [-0.05, 0) is 49.1 Å². The van der Waals surface area contributed by atoms with Crippen LogP contribution in [-0.4, -0.2) is 33.7 Å². The summed E-state index contributed by atoms with van der Waals surface area (Å²) in [5.74, 6) is -0.318. The molecule has 0 amide bonds. The number of benzene rings is 1. The monoisotopic (exact) mass is 447 g/mol. The maximum atomic E-state index is 11.8. The number of anilines is 1. The summed E-state index contributed by atoms with van der Waals surface area (Å²) < 4.78 is 11.1. The number of carbonyl (C=O) groups is 1. The summed E-state index contributed by atoms with van der Waals surface area (Å²) >= 11 is 0. The molecule has 0 bridgehead atoms. The van der Waals surface area contributed by atoms with Gasteiger partial charge in [0.1, 0.15) is 17.5 Å². The Morgan fingerprint density at radius 1 is 1.15 bits per heavy atom. The molecule has 0 aliphatic rings. The first-order valence-corrected chi connectivity index (χ1v) is 10.3. The van der Waals surface area contributed by atoms with Crippen LogP contribution in [0.15, 0.2) is 58.4 Å². The highest BCUT2D eigenvalue weighted by molar-refractivity contribution is 5.86. The van der Waals surface area contributed by atoms with E-state index < -0.39 is 22.9 Å². The highest BCUT2D eigenvalue weighted by Gasteiger charge is 2.27. The standard InChI is InChI=1S/C24H21N3O6/c1-3-32-22-19(20(28)21(22)29)27-18(24(30)31)11-14-4-6-16(7-5-14)33-23-17-12-25-9-8-15(17)10-13(2)26-23/h4-10,12,18,27H,3,11H2,1-2H3,(H,30,31)/t18-/m0/s1. The first-order valence-electron chi connectivity index (χ1n) is 10.3. The minimum Gasteiger partial charge on any atom is -0.488 e. The second kappa shape index (κ2) is 9.07. The number of ether oxygens (including phenoxy) is 2. The van der Waals surface area contributed by atoms with Crippen molar-refractivity contribution in [3.8, 4) is 17.4 Å². The van der Waals surface area contributed by atoms with E-state index in [0.29, 0.717) is 17.2 Å². The summed E-state index contributed by atoms with van der Waals surface area (Å²) in [5, 5.41) is 14.0. The van der Waals surface area contributed by atoms with Crippen LogP contribution in [0.25, 0.3) is 10.8 Å². The molecule has 0 radical (unpaired) electrons. The molecule has 0 saturated heterocycles. The van der Waals surface area contributed by atoms with Crippen molar-refractivity contribution < 1.29 is 19.4 Å². The summed E-state index contributed by atoms with van der Waals surface area (Å²) in [5.41, 5.74) is -0.124. The van der Waals surface area contributed by atoms with E-state index in [-0.39, 0.29) is 24.5 Å². The van der Waals surface area contributed by atoms with Gasteiger partial charge in [0.2, 0.25) is 5.88 Å². The Kier molecular flexibility index (Phi) is 6.03. The first-order chi connectivity index (χ1) is 15.9. The molecule has 0 unspecified atom stereocenters. The lowest BCUT2D eigenvalue weighted by Crippen LogP contribution is -2.41. The van der Waals surface area contributed by atoms with E-state index in [1.165, 1.54) is 0 Å². The van der Waals surface area contributed by atoms with Crippen LogP contribution in [0, 0.1) is 6.92 Å². The lowest BCUT2D eigenvalue weighted by Gasteiger charge is -2.19. The van der Waals surface area contributed by atoms with Crippen LogP contribution in [0.3, 0.4) is 0 Å². The summed E-state index contributed by atoms with van der Waals surface area (Å²) in [4.78, 5) is 43.8. The zero-order chi connectivity index (χ0) is 23.5. The fraction of sp³-hybridized carbons (Fsp3) is 0.208. The number of nitrogens with zero attached hydrogens (tertiary/aromatic N) is 2. The topological polar surface area (TPSA) is 128 Å². The molecule has 1 atom stereocenters. The summed E-state index contributed by atoms with van der Waals surface area (Å²) in [7, 11) is 0. The average Bonchev–Trinajstić information content (AvgIpc) is 2.81. The molecule has 0 saturated carbocycles. The third-order valence-electron chi connectivity index (χ3n) is 5.08. The van der Waals surface area contributed by atoms with Crippen molar-refractivity contribution in [3.05, 3.63) is 80.5 Å². The summed E-state index contributed by atoms with van der Waals surface area (Å²) in [6.45, 7) is 3.74. The number of hydrogen-bond acceptors (Lipinski definition) is 8. The molecule has 2 aromatic heterocycles. The van der Waals surface area contributed by atoms with Crippen LogP contribution < -0.4 is 25.6 Å². The largest absolute Gasteiger partial charge is 0.488 e. The van der Waals surface area contributed by atoms with Crippen LogP contribution in [0.1, 0.15) is 18.2 Å². The van der Waals surface area contributed by atoms with Crippen molar-refractivity contribution in [2.75, 3.05) is 11.9 Å². The Morgan fingerprint density at radius 3 is 2.61 bits per heavy atom. The maximum absolute atomic E-state index is 11.8. The number of rotatable bonds is 9. The number of aryl methyl sites for hydroxylation is 1. The lowest BCUT2D eigenvalue weighted by molar-refractivity contribution is -0.137. The minimum absolute atomic E-state index is 0.0789. The second-order valence-electron chi connectivity index (χ2n) is 7.45. The van der Waals surface area contributed by atoms with Crippen molar-refractivity contribution in [3.63, 3.8) is 0 Å². The zero-order valence-electron chi connectivity index (χ0n) is 18.0. The molecule has 2 aromatic carbocycles. The van der Waals surface area contributed by atoms with Crippen molar-refractivity contribution >= 4 is 22.4 Å². The molecule has 9 nitrogen and oxygen atoms in total. The number of pyridine rings is 2. The number of carboxylic acid groups (broad SMARTS) is 1. The van der Waals surface area contributed by atoms with Gasteiger partial charge in [-0.15, -0.1) is 0 Å². The Hall–Kier alpha value is -4.27. The van der Waals surface area contributed by atoms with Gasteiger partial charge in [-0.2, -0.15) is 0 Å². The van der Waals surface area contributed by atoms with Gasteiger partial charge in [-0.3, -0.25) is 14.6 Å². The van der Waals surface area contributed by atoms with Gasteiger partial charge in [0.25, 0.3) is 10.9 Å². The van der Waals surface area contributed by atoms with Crippen LogP contribution in [0.4, 0.5) is 5.69 Å². The molecular weight excluding hydrogens is 426 g/mol. The Bertz CT molecular complexity index is 1390. The van der Waals surface area contributed by atoms with Gasteiger partial charge in [-0.1, -0.05) is 12.1 Å². The summed E-state index contributed by atoms with van der Waals surface area (Å²) in [6.07, 6.45) is 3.47. The quantitative estimate of drug-likeness (QED) is 0.372. The SMILES string of the molecule is CCOc1c(N[C@@H](Cc2ccc(Oc3nc(C)cc4ccncc34)cc2)C(=O)O)c(=O)c1=O. The predicted molar refractivity (Wildman–Crippen MR) is 122 cm³/mol. The van der Waals surface area contributed by atoms with E-state index in [0.717, 1.165) is 16.5 Å². The minimum atomic E-state index is -1.16. The predicted octanol–water partition coefficient (Wildman–Crippen LogP) is 2.83. The first kappa shape index (κ1) is 21.9. The van der Waals surface area contributed by atoms with Crippen molar-refractivity contribution in [1.29, 1.82) is 0 Å². The highest BCUT2D eigenvalue weighted by atomic mass is 16.5. The van der Waals surface area contributed by atoms with E-state index in [2.05, 4.69) is 15.3 Å². The van der Waals surface area contributed by atoms with Crippen LogP contribution >= 0.6 is 0 Å². The molecule has 2 N–H and O–H groups in total. The van der Waals surface area contributed by atoms with Gasteiger partial charge in [0.05, 0.1) is 12.0 Å². The number of fused-ring (bicyclic) bond motifs is 1. The van der Waals surface area contributed by atoms with Crippen molar-refractivity contribution in [2.24, 2.45) is 0 Å². The van der Waals surface area contributed by atoms with Crippen LogP contribution in [0.5, 0.6) is 17.4 Å². The van der Waals surface area contributed by atoms with Crippen LogP contribution in [-0.2, 0) is 11.2 Å². The van der Waals surface area contributed by atoms with Gasteiger partial charge < -0.3 is 19.9 Å². The third kappa shape index (κ3) is 4.52. The molecular formula is C24H21N3O6. The second-order valence-corrected chi connectivity index (χ2v) is 7.45. The molecule has 4 rings (SSSR count). The van der Waals surface area contributed by atoms with E-state index in [1.54, 1.807) is 43.6 Å². The smallest absolute Gasteiger partial charge is 0.326 e. The Labute approximate surface area is 188 Å². The van der Waals surface area contributed by atoms with E-state index >= 15 is 0 Å². The molecule has 0 aliphatic heterocycles. The number of nitrogens with one attached hydrogen (secondary N) is 1. The Balaban J connectivity index is 1.50. The number of aromatic nitrogens is 2. The molecule has 9 heteroatoms. The molecule has 2 heterocycles. The fourth-order valence-electron chi connectivity index (χ4n) is 3.46. The molecule has 33 heavy (non-hydrogen) atoms. The Morgan fingerprint density at radius 2 is 1.91 bits per heavy atom. The third-order valence-corrected chi connectivity index (χ3v) is 5.08. The van der Waals surface area contributed by atoms with Gasteiger partial charge in [0, 0.05) is 24.5 Å². The molecule has 0 aliphatic carbocycles. The van der Waals surface area contributed by atoms with Gasteiger partial charge >= 0.3 is 5.97 Å². The van der Waals surface area contributed by atoms with Crippen molar-refractivity contribution in [2.45, 2.75) is 26.3 Å². The molecule has 0 spiro atoms. The lowest BCUT2D eigenvalue weighted by atomic mass is 10.0. The number of aliphatic carboxylic acids is 1. The van der Waals surface area contributed by atoms with Crippen molar-refractivity contribution in [1.82, 2.24) is 9.97 Å². The molecule has 4 aromatic rings. The van der Waals surface area contributed by atoms with E-state index in [4.69, 9.17) is 9.47 Å². The van der Waals surface area contributed by atoms with Crippen LogP contribution in [0.2, 0.25) is 0 Å². The fourth-order valence-corrected chi connectivity index (χ4v) is 3.46. The molecule has 0 fully saturated rings. The zero-order valence-corrected chi connectivity index (χ0v) is 18.0. The van der Waals surface area contributed by atoms with E-state index in [1.807, 2.05) is 19.1 Å². The highest BCUT2D eigenvalue weighted by Crippen LogP contribution is 2.28. The van der Waals surface area contributed by atoms with E-state index in [9.17, 15) is 19.5 Å². The number of hydrogen-bond donors (Lipinski definition) is 2. The molecule has 168 valence electrons. The normalized spacial score (nSPS) is 11.9. The van der Waals surface area contributed by atoms with Gasteiger partial charge in [-0.25, -0.2) is 9.78 Å². The summed E-state index contributed by atoms with van der Waals surface area (Å²) in [6, 6.07) is 9.59. The average molecular weight is 447 g/mol. The number of carboxylic acids is 1. The van der Waals surface area contributed by atoms with Gasteiger partial charge in [0.15, 0.2) is 5.75 Å². The maximum Gasteiger partial charge on any atom is 0.326 e.